The highest BCUT2D eigenvalue weighted by molar-refractivity contribution is 7.19. The van der Waals surface area contributed by atoms with E-state index in [1.165, 1.54) is 64.8 Å². The summed E-state index contributed by atoms with van der Waals surface area (Å²) in [4.78, 5) is 9.71. The molecule has 0 N–H and O–H groups in total. The fourth-order valence-corrected chi connectivity index (χ4v) is 8.64. The second kappa shape index (κ2) is 11.6. The lowest BCUT2D eigenvalue weighted by atomic mass is 10.00. The van der Waals surface area contributed by atoms with Crippen molar-refractivity contribution in [3.8, 4) is 22.5 Å². The molecule has 0 radical (unpaired) electrons. The molecule has 0 aliphatic rings. The molecule has 4 nitrogen and oxygen atoms in total. The molecular weight excluding hydrogens is 625 g/mol. The van der Waals surface area contributed by atoms with Gasteiger partial charge in [-0.2, -0.15) is 0 Å². The van der Waals surface area contributed by atoms with Crippen LogP contribution in [0.2, 0.25) is 0 Å². The van der Waals surface area contributed by atoms with E-state index in [-0.39, 0.29) is 0 Å². The Hall–Kier alpha value is -5.56. The van der Waals surface area contributed by atoms with Gasteiger partial charge in [0.2, 0.25) is 0 Å². The van der Waals surface area contributed by atoms with Gasteiger partial charge >= 0.3 is 0 Å². The number of hydrogen-bond donors (Lipinski definition) is 0. The molecule has 4 aromatic heterocycles. The number of thiazole rings is 2. The van der Waals surface area contributed by atoms with E-state index < -0.39 is 0 Å². The molecule has 6 heteroatoms. The summed E-state index contributed by atoms with van der Waals surface area (Å²) in [5.74, 6) is 0. The van der Waals surface area contributed by atoms with Crippen LogP contribution in [0.1, 0.15) is 21.1 Å². The Morgan fingerprint density at radius 3 is 1.29 bits per heavy atom. The third kappa shape index (κ3) is 4.80. The van der Waals surface area contributed by atoms with Crippen LogP contribution in [0.25, 0.3) is 89.1 Å². The molecule has 0 spiro atoms. The SMILES string of the molecule is Cn1c(-c2ccc(-c3c(C=Cc4nc5ccccc5s4)c4ccccc4n3C)cc2)c(C=Cc2nc3ccccc3s2)c2ccccc21. The maximum absolute atomic E-state index is 4.86. The summed E-state index contributed by atoms with van der Waals surface area (Å²) in [6.45, 7) is 0. The lowest BCUT2D eigenvalue weighted by Crippen LogP contribution is -1.95. The van der Waals surface area contributed by atoms with Crippen LogP contribution < -0.4 is 0 Å². The van der Waals surface area contributed by atoms with E-state index in [0.29, 0.717) is 0 Å². The number of benzene rings is 5. The van der Waals surface area contributed by atoms with E-state index in [9.17, 15) is 0 Å². The van der Waals surface area contributed by atoms with Crippen LogP contribution in [-0.2, 0) is 14.1 Å². The third-order valence-electron chi connectivity index (χ3n) is 9.13. The first-order valence-electron chi connectivity index (χ1n) is 16.0. The minimum atomic E-state index is 1.01. The molecular formula is C42H30N4S2. The second-order valence-corrected chi connectivity index (χ2v) is 14.1. The second-order valence-electron chi connectivity index (χ2n) is 12.0. The quantitative estimate of drug-likeness (QED) is 0.179. The number of para-hydroxylation sites is 4. The molecule has 9 aromatic rings. The Morgan fingerprint density at radius 2 is 0.854 bits per heavy atom. The van der Waals surface area contributed by atoms with Crippen molar-refractivity contribution in [2.45, 2.75) is 0 Å². The van der Waals surface area contributed by atoms with Crippen molar-refractivity contribution in [3.63, 3.8) is 0 Å². The Kier molecular flexibility index (Phi) is 6.92. The average molecular weight is 655 g/mol. The van der Waals surface area contributed by atoms with Crippen LogP contribution in [0.4, 0.5) is 0 Å². The predicted molar refractivity (Wildman–Crippen MR) is 207 cm³/mol. The number of nitrogens with zero attached hydrogens (tertiary/aromatic N) is 4. The Bertz CT molecular complexity index is 2440. The fourth-order valence-electron chi connectivity index (χ4n) is 6.90. The molecule has 0 saturated carbocycles. The zero-order valence-electron chi connectivity index (χ0n) is 26.5. The van der Waals surface area contributed by atoms with Crippen molar-refractivity contribution in [2.75, 3.05) is 0 Å². The standard InChI is InChI=1S/C42H30N4S2/c1-45-35-15-7-3-11-29(35)31(23-25-39-43-33-13-5-9-17-37(33)47-39)41(45)27-19-21-28(22-20-27)42-32(30-12-4-8-16-36(30)46(42)2)24-26-40-44-34-14-6-10-18-38(34)48-40/h3-26H,1-2H3. The van der Waals surface area contributed by atoms with Gasteiger partial charge in [-0.3, -0.25) is 0 Å². The third-order valence-corrected chi connectivity index (χ3v) is 11.1. The van der Waals surface area contributed by atoms with Crippen LogP contribution in [0.15, 0.2) is 121 Å². The molecule has 4 heterocycles. The normalized spacial score (nSPS) is 12.2. The predicted octanol–water partition coefficient (Wildman–Crippen LogP) is 11.6. The summed E-state index contributed by atoms with van der Waals surface area (Å²) in [6.07, 6.45) is 8.78. The minimum Gasteiger partial charge on any atom is -0.343 e. The number of aromatic nitrogens is 4. The molecule has 230 valence electrons. The number of rotatable bonds is 6. The average Bonchev–Trinajstić information content (AvgIpc) is 3.88. The maximum atomic E-state index is 4.86. The molecule has 9 rings (SSSR count). The summed E-state index contributed by atoms with van der Waals surface area (Å²) in [5.41, 5.74) is 11.6. The van der Waals surface area contributed by atoms with Crippen molar-refractivity contribution >= 4 is 89.2 Å². The molecule has 0 unspecified atom stereocenters. The summed E-state index contributed by atoms with van der Waals surface area (Å²) in [7, 11) is 4.32. The van der Waals surface area contributed by atoms with Gasteiger partial charge < -0.3 is 9.13 Å². The monoisotopic (exact) mass is 654 g/mol. The van der Waals surface area contributed by atoms with E-state index in [1.54, 1.807) is 22.7 Å². The van der Waals surface area contributed by atoms with Gasteiger partial charge in [-0.1, -0.05) is 84.9 Å². The van der Waals surface area contributed by atoms with Crippen LogP contribution in [0, 0.1) is 0 Å². The number of hydrogen-bond acceptors (Lipinski definition) is 4. The summed E-state index contributed by atoms with van der Waals surface area (Å²) < 4.78 is 7.03. The van der Waals surface area contributed by atoms with Crippen molar-refractivity contribution in [1.82, 2.24) is 19.1 Å². The first-order chi connectivity index (χ1) is 23.6. The van der Waals surface area contributed by atoms with Gasteiger partial charge in [-0.25, -0.2) is 9.97 Å². The summed E-state index contributed by atoms with van der Waals surface area (Å²) in [6, 6.07) is 43.0. The fraction of sp³-hybridized carbons (Fsp3) is 0.0476. The van der Waals surface area contributed by atoms with Crippen LogP contribution in [-0.4, -0.2) is 19.1 Å². The maximum Gasteiger partial charge on any atom is 0.117 e. The highest BCUT2D eigenvalue weighted by Gasteiger charge is 2.18. The molecule has 0 amide bonds. The Morgan fingerprint density at radius 1 is 0.458 bits per heavy atom. The van der Waals surface area contributed by atoms with Crippen molar-refractivity contribution in [3.05, 3.63) is 142 Å². The van der Waals surface area contributed by atoms with Gasteiger partial charge in [0.1, 0.15) is 10.0 Å². The van der Waals surface area contributed by atoms with E-state index in [2.05, 4.69) is 157 Å². The van der Waals surface area contributed by atoms with Gasteiger partial charge in [0, 0.05) is 47.0 Å². The highest BCUT2D eigenvalue weighted by atomic mass is 32.1. The van der Waals surface area contributed by atoms with Gasteiger partial charge in [0.05, 0.1) is 31.8 Å². The minimum absolute atomic E-state index is 1.01. The van der Waals surface area contributed by atoms with Gasteiger partial charge in [-0.15, -0.1) is 22.7 Å². The van der Waals surface area contributed by atoms with Gasteiger partial charge in [0.25, 0.3) is 0 Å². The van der Waals surface area contributed by atoms with Gasteiger partial charge in [0.15, 0.2) is 0 Å². The molecule has 5 aromatic carbocycles. The number of fused-ring (bicyclic) bond motifs is 4. The molecule has 0 atom stereocenters. The zero-order chi connectivity index (χ0) is 32.2. The molecule has 0 aliphatic carbocycles. The van der Waals surface area contributed by atoms with Crippen molar-refractivity contribution < 1.29 is 0 Å². The molecule has 48 heavy (non-hydrogen) atoms. The molecule has 0 aliphatic heterocycles. The van der Waals surface area contributed by atoms with E-state index in [4.69, 9.17) is 9.97 Å². The van der Waals surface area contributed by atoms with E-state index in [1.807, 2.05) is 12.1 Å². The first-order valence-corrected chi connectivity index (χ1v) is 17.6. The van der Waals surface area contributed by atoms with Crippen LogP contribution in [0.3, 0.4) is 0 Å². The summed E-state index contributed by atoms with van der Waals surface area (Å²) in [5, 5.41) is 4.47. The largest absolute Gasteiger partial charge is 0.343 e. The number of aryl methyl sites for hydroxylation is 2. The summed E-state index contributed by atoms with van der Waals surface area (Å²) >= 11 is 3.44. The van der Waals surface area contributed by atoms with E-state index in [0.717, 1.165) is 21.0 Å². The lowest BCUT2D eigenvalue weighted by Gasteiger charge is -2.10. The Labute approximate surface area is 286 Å². The smallest absolute Gasteiger partial charge is 0.117 e. The van der Waals surface area contributed by atoms with Gasteiger partial charge in [-0.05, 0) is 71.8 Å². The molecule has 0 bridgehead atoms. The van der Waals surface area contributed by atoms with E-state index >= 15 is 0 Å². The van der Waals surface area contributed by atoms with Crippen LogP contribution >= 0.6 is 22.7 Å². The Balaban J connectivity index is 1.14. The molecule has 0 fully saturated rings. The van der Waals surface area contributed by atoms with Crippen molar-refractivity contribution in [1.29, 1.82) is 0 Å². The zero-order valence-corrected chi connectivity index (χ0v) is 28.1. The molecule has 0 saturated heterocycles. The topological polar surface area (TPSA) is 35.6 Å². The van der Waals surface area contributed by atoms with Crippen molar-refractivity contribution in [2.24, 2.45) is 14.1 Å². The first kappa shape index (κ1) is 28.6. The van der Waals surface area contributed by atoms with Crippen LogP contribution in [0.5, 0.6) is 0 Å². The highest BCUT2D eigenvalue weighted by Crippen LogP contribution is 2.39. The lowest BCUT2D eigenvalue weighted by molar-refractivity contribution is 0.974.